The van der Waals surface area contributed by atoms with E-state index in [1.807, 2.05) is 44.3 Å². The van der Waals surface area contributed by atoms with Crippen LogP contribution in [-0.4, -0.2) is 25.9 Å². The minimum absolute atomic E-state index is 0.119. The Morgan fingerprint density at radius 2 is 1.89 bits per heavy atom. The highest BCUT2D eigenvalue weighted by Gasteiger charge is 2.13. The number of hydrogen-bond acceptors (Lipinski definition) is 3. The number of fused-ring (bicyclic) bond motifs is 1. The van der Waals surface area contributed by atoms with Gasteiger partial charge in [0.05, 0.1) is 12.2 Å². The Balaban J connectivity index is 1.64. The van der Waals surface area contributed by atoms with Gasteiger partial charge in [0.15, 0.2) is 0 Å². The number of aromatic nitrogens is 1. The molecule has 148 valence electrons. The van der Waals surface area contributed by atoms with Gasteiger partial charge in [0.2, 0.25) is 15.9 Å². The number of carbonyl (C=O) groups is 1. The second-order valence-corrected chi connectivity index (χ2v) is 9.09. The number of nitrogens with one attached hydrogen (secondary N) is 3. The highest BCUT2D eigenvalue weighted by molar-refractivity contribution is 7.88. The molecule has 28 heavy (non-hydrogen) atoms. The van der Waals surface area contributed by atoms with Crippen LogP contribution < -0.4 is 10.0 Å². The molecule has 6 nitrogen and oxygen atoms in total. The lowest BCUT2D eigenvalue weighted by Gasteiger charge is -2.10. The first-order valence-corrected chi connectivity index (χ1v) is 10.9. The van der Waals surface area contributed by atoms with E-state index < -0.39 is 10.0 Å². The number of carbonyl (C=O) groups excluding carboxylic acids is 1. The number of hydrogen-bond donors (Lipinski definition) is 3. The predicted molar refractivity (Wildman–Crippen MR) is 113 cm³/mol. The van der Waals surface area contributed by atoms with Crippen molar-refractivity contribution >= 4 is 32.5 Å². The zero-order valence-electron chi connectivity index (χ0n) is 16.0. The molecule has 3 aromatic rings. The first kappa shape index (κ1) is 20.1. The molecule has 1 heterocycles. The number of aromatic amines is 1. The number of rotatable bonds is 8. The van der Waals surface area contributed by atoms with Gasteiger partial charge in [-0.2, -0.15) is 0 Å². The number of amides is 1. The molecule has 0 atom stereocenters. The fourth-order valence-electron chi connectivity index (χ4n) is 2.96. The summed E-state index contributed by atoms with van der Waals surface area (Å²) in [6.07, 6.45) is 2.08. The first-order valence-electron chi connectivity index (χ1n) is 9.23. The van der Waals surface area contributed by atoms with Crippen LogP contribution in [0.15, 0.2) is 54.7 Å². The van der Waals surface area contributed by atoms with E-state index in [2.05, 4.69) is 15.0 Å². The number of H-pyrrole nitrogens is 1. The Kier molecular flexibility index (Phi) is 6.16. The molecule has 1 aromatic heterocycles. The number of anilines is 1. The Hall–Kier alpha value is -2.64. The largest absolute Gasteiger partial charge is 0.361 e. The molecule has 1 amide bonds. The average molecular weight is 400 g/mol. The van der Waals surface area contributed by atoms with Crippen molar-refractivity contribution in [1.82, 2.24) is 9.71 Å². The summed E-state index contributed by atoms with van der Waals surface area (Å²) in [6, 6.07) is 14.8. The second-order valence-electron chi connectivity index (χ2n) is 7.29. The Bertz CT molecular complexity index is 1070. The minimum atomic E-state index is -3.41. The molecule has 0 aliphatic heterocycles. The highest BCUT2D eigenvalue weighted by atomic mass is 32.2. The molecule has 0 unspecified atom stereocenters. The summed E-state index contributed by atoms with van der Waals surface area (Å²) in [5.41, 5.74) is 3.12. The van der Waals surface area contributed by atoms with Crippen molar-refractivity contribution in [3.05, 3.63) is 65.9 Å². The van der Waals surface area contributed by atoms with E-state index in [0.29, 0.717) is 17.8 Å². The molecule has 0 bridgehead atoms. The molecule has 0 spiro atoms. The quantitative estimate of drug-likeness (QED) is 0.542. The minimum Gasteiger partial charge on any atom is -0.361 e. The smallest absolute Gasteiger partial charge is 0.228 e. The van der Waals surface area contributed by atoms with Crippen molar-refractivity contribution < 1.29 is 13.2 Å². The van der Waals surface area contributed by atoms with Gasteiger partial charge in [0.25, 0.3) is 0 Å². The molecular formula is C21H25N3O3S. The van der Waals surface area contributed by atoms with Crippen LogP contribution in [0.3, 0.4) is 0 Å². The fraction of sp³-hybridized carbons (Fsp3) is 0.286. The van der Waals surface area contributed by atoms with Gasteiger partial charge in [0, 0.05) is 29.3 Å². The SMILES string of the molecule is CC(C)CNS(=O)(=O)Cc1cccc(NC(=O)Cc2c[nH]c3ccccc23)c1. The van der Waals surface area contributed by atoms with Gasteiger partial charge in [-0.1, -0.05) is 44.2 Å². The van der Waals surface area contributed by atoms with Crippen LogP contribution in [0.25, 0.3) is 10.9 Å². The molecule has 0 fully saturated rings. The van der Waals surface area contributed by atoms with E-state index in [-0.39, 0.29) is 24.0 Å². The standard InChI is InChI=1S/C21H25N3O3S/c1-15(2)12-23-28(26,27)14-16-6-5-7-18(10-16)24-21(25)11-17-13-22-20-9-4-3-8-19(17)20/h3-10,13,15,22-23H,11-12,14H2,1-2H3,(H,24,25). The van der Waals surface area contributed by atoms with E-state index in [9.17, 15) is 13.2 Å². The van der Waals surface area contributed by atoms with Gasteiger partial charge in [0.1, 0.15) is 0 Å². The third-order valence-corrected chi connectivity index (χ3v) is 5.62. The monoisotopic (exact) mass is 399 g/mol. The average Bonchev–Trinajstić information content (AvgIpc) is 3.03. The number of para-hydroxylation sites is 1. The molecular weight excluding hydrogens is 374 g/mol. The molecule has 3 rings (SSSR count). The first-order chi connectivity index (χ1) is 13.3. The maximum atomic E-state index is 12.4. The van der Waals surface area contributed by atoms with Gasteiger partial charge < -0.3 is 10.3 Å². The molecule has 2 aromatic carbocycles. The maximum Gasteiger partial charge on any atom is 0.228 e. The van der Waals surface area contributed by atoms with Crippen molar-refractivity contribution in [2.24, 2.45) is 5.92 Å². The third-order valence-electron chi connectivity index (χ3n) is 4.30. The summed E-state index contributed by atoms with van der Waals surface area (Å²) in [6.45, 7) is 4.31. The molecule has 0 aliphatic carbocycles. The normalized spacial score (nSPS) is 11.8. The van der Waals surface area contributed by atoms with Gasteiger partial charge in [-0.25, -0.2) is 13.1 Å². The fourth-order valence-corrected chi connectivity index (χ4v) is 4.27. The van der Waals surface area contributed by atoms with Crippen LogP contribution in [0.4, 0.5) is 5.69 Å². The van der Waals surface area contributed by atoms with E-state index in [0.717, 1.165) is 16.5 Å². The Morgan fingerprint density at radius 3 is 2.68 bits per heavy atom. The molecule has 0 saturated carbocycles. The summed E-state index contributed by atoms with van der Waals surface area (Å²) in [4.78, 5) is 15.6. The van der Waals surface area contributed by atoms with Crippen LogP contribution in [0.2, 0.25) is 0 Å². The molecule has 7 heteroatoms. The van der Waals surface area contributed by atoms with E-state index in [4.69, 9.17) is 0 Å². The van der Waals surface area contributed by atoms with Gasteiger partial charge >= 0.3 is 0 Å². The van der Waals surface area contributed by atoms with Gasteiger partial charge in [-0.3, -0.25) is 4.79 Å². The number of benzene rings is 2. The number of sulfonamides is 1. The van der Waals surface area contributed by atoms with Gasteiger partial charge in [-0.05, 0) is 35.2 Å². The summed E-state index contributed by atoms with van der Waals surface area (Å²) in [5, 5.41) is 3.88. The molecule has 0 aliphatic rings. The Labute approximate surface area is 165 Å². The van der Waals surface area contributed by atoms with Crippen LogP contribution in [0.5, 0.6) is 0 Å². The molecule has 3 N–H and O–H groups in total. The van der Waals surface area contributed by atoms with E-state index >= 15 is 0 Å². The van der Waals surface area contributed by atoms with Gasteiger partial charge in [-0.15, -0.1) is 0 Å². The van der Waals surface area contributed by atoms with Crippen LogP contribution >= 0.6 is 0 Å². The van der Waals surface area contributed by atoms with Crippen molar-refractivity contribution in [3.63, 3.8) is 0 Å². The zero-order valence-corrected chi connectivity index (χ0v) is 16.8. The van der Waals surface area contributed by atoms with Crippen molar-refractivity contribution in [1.29, 1.82) is 0 Å². The van der Waals surface area contributed by atoms with Crippen LogP contribution in [-0.2, 0) is 27.0 Å². The third kappa shape index (κ3) is 5.43. The molecule has 0 radical (unpaired) electrons. The summed E-state index contributed by atoms with van der Waals surface area (Å²) in [7, 11) is -3.41. The van der Waals surface area contributed by atoms with E-state index in [1.54, 1.807) is 24.3 Å². The predicted octanol–water partition coefficient (Wildman–Crippen LogP) is 3.42. The molecule has 0 saturated heterocycles. The lowest BCUT2D eigenvalue weighted by atomic mass is 10.1. The van der Waals surface area contributed by atoms with Crippen molar-refractivity contribution in [3.8, 4) is 0 Å². The van der Waals surface area contributed by atoms with E-state index in [1.165, 1.54) is 0 Å². The summed E-state index contributed by atoms with van der Waals surface area (Å²) < 4.78 is 26.9. The lowest BCUT2D eigenvalue weighted by molar-refractivity contribution is -0.115. The van der Waals surface area contributed by atoms with Crippen LogP contribution in [0, 0.1) is 5.92 Å². The Morgan fingerprint density at radius 1 is 1.11 bits per heavy atom. The van der Waals surface area contributed by atoms with Crippen molar-refractivity contribution in [2.45, 2.75) is 26.0 Å². The topological polar surface area (TPSA) is 91.1 Å². The van der Waals surface area contributed by atoms with Crippen molar-refractivity contribution in [2.75, 3.05) is 11.9 Å². The zero-order chi connectivity index (χ0) is 20.1. The summed E-state index contributed by atoms with van der Waals surface area (Å²) >= 11 is 0. The summed E-state index contributed by atoms with van der Waals surface area (Å²) in [5.74, 6) is -0.0288. The maximum absolute atomic E-state index is 12.4. The highest BCUT2D eigenvalue weighted by Crippen LogP contribution is 2.19. The lowest BCUT2D eigenvalue weighted by Crippen LogP contribution is -2.28. The van der Waals surface area contributed by atoms with Crippen LogP contribution in [0.1, 0.15) is 25.0 Å². The second kappa shape index (κ2) is 8.58.